The van der Waals surface area contributed by atoms with Crippen molar-refractivity contribution in [1.29, 1.82) is 5.41 Å². The average Bonchev–Trinajstić information content (AvgIpc) is 2.29. The second-order valence-electron chi connectivity index (χ2n) is 3.64. The molecule has 0 fully saturated rings. The summed E-state index contributed by atoms with van der Waals surface area (Å²) in [6.07, 6.45) is 0.992. The lowest BCUT2D eigenvalue weighted by Gasteiger charge is -2.25. The van der Waals surface area contributed by atoms with Crippen molar-refractivity contribution in [1.82, 2.24) is 0 Å². The summed E-state index contributed by atoms with van der Waals surface area (Å²) < 4.78 is 0. The molecule has 4 N–H and O–H groups in total. The van der Waals surface area contributed by atoms with E-state index in [0.29, 0.717) is 6.54 Å². The summed E-state index contributed by atoms with van der Waals surface area (Å²) in [4.78, 5) is 2.05. The third-order valence-corrected chi connectivity index (χ3v) is 2.40. The predicted molar refractivity (Wildman–Crippen MR) is 67.0 cm³/mol. The Hall–Kier alpha value is -1.55. The van der Waals surface area contributed by atoms with Gasteiger partial charge in [-0.15, -0.1) is 0 Å². The SMILES string of the molecule is CCCN(CCO)c1ccccc1C(=N)N. The van der Waals surface area contributed by atoms with Crippen LogP contribution < -0.4 is 10.6 Å². The van der Waals surface area contributed by atoms with Crippen LogP contribution >= 0.6 is 0 Å². The van der Waals surface area contributed by atoms with Gasteiger partial charge in [0.05, 0.1) is 6.61 Å². The second-order valence-corrected chi connectivity index (χ2v) is 3.64. The highest BCUT2D eigenvalue weighted by Crippen LogP contribution is 2.19. The zero-order chi connectivity index (χ0) is 12.0. The first-order chi connectivity index (χ1) is 7.70. The van der Waals surface area contributed by atoms with Crippen LogP contribution in [0.2, 0.25) is 0 Å². The number of nitrogens with zero attached hydrogens (tertiary/aromatic N) is 1. The van der Waals surface area contributed by atoms with Gasteiger partial charge in [0.25, 0.3) is 0 Å². The van der Waals surface area contributed by atoms with Crippen molar-refractivity contribution in [2.75, 3.05) is 24.6 Å². The first-order valence-corrected chi connectivity index (χ1v) is 5.50. The second kappa shape index (κ2) is 6.12. The molecule has 0 saturated carbocycles. The number of para-hydroxylation sites is 1. The molecule has 0 saturated heterocycles. The van der Waals surface area contributed by atoms with E-state index in [1.807, 2.05) is 24.3 Å². The van der Waals surface area contributed by atoms with Gasteiger partial charge in [0.2, 0.25) is 0 Å². The molecule has 0 radical (unpaired) electrons. The molecule has 1 rings (SSSR count). The molecule has 0 aliphatic carbocycles. The fourth-order valence-electron chi connectivity index (χ4n) is 1.72. The molecule has 0 atom stereocenters. The van der Waals surface area contributed by atoms with Crippen LogP contribution in [-0.2, 0) is 0 Å². The summed E-state index contributed by atoms with van der Waals surface area (Å²) in [5.74, 6) is 0.0645. The minimum absolute atomic E-state index is 0.0645. The van der Waals surface area contributed by atoms with Crippen molar-refractivity contribution in [3.05, 3.63) is 29.8 Å². The van der Waals surface area contributed by atoms with Gasteiger partial charge >= 0.3 is 0 Å². The number of nitrogens with one attached hydrogen (secondary N) is 1. The number of benzene rings is 1. The Kier molecular flexibility index (Phi) is 4.79. The summed E-state index contributed by atoms with van der Waals surface area (Å²) >= 11 is 0. The molecule has 0 aromatic heterocycles. The van der Waals surface area contributed by atoms with E-state index in [2.05, 4.69) is 11.8 Å². The van der Waals surface area contributed by atoms with Crippen LogP contribution in [0.25, 0.3) is 0 Å². The first kappa shape index (κ1) is 12.5. The molecule has 0 aliphatic rings. The number of anilines is 1. The van der Waals surface area contributed by atoms with Crippen molar-refractivity contribution in [3.8, 4) is 0 Å². The fraction of sp³-hybridized carbons (Fsp3) is 0.417. The molecule has 4 nitrogen and oxygen atoms in total. The highest BCUT2D eigenvalue weighted by Gasteiger charge is 2.10. The number of nitrogens with two attached hydrogens (primary N) is 1. The molecular weight excluding hydrogens is 202 g/mol. The lowest BCUT2D eigenvalue weighted by atomic mass is 10.1. The maximum absolute atomic E-state index is 9.03. The fourth-order valence-corrected chi connectivity index (χ4v) is 1.72. The van der Waals surface area contributed by atoms with E-state index in [4.69, 9.17) is 16.2 Å². The number of aliphatic hydroxyl groups excluding tert-OH is 1. The van der Waals surface area contributed by atoms with Crippen LogP contribution in [0.1, 0.15) is 18.9 Å². The molecule has 0 heterocycles. The van der Waals surface area contributed by atoms with Gasteiger partial charge in [-0.25, -0.2) is 0 Å². The predicted octanol–water partition coefficient (Wildman–Crippen LogP) is 1.18. The quantitative estimate of drug-likeness (QED) is 0.499. The van der Waals surface area contributed by atoms with E-state index in [0.717, 1.165) is 24.2 Å². The summed E-state index contributed by atoms with van der Waals surface area (Å²) in [5.41, 5.74) is 7.19. The molecule has 0 aliphatic heterocycles. The third kappa shape index (κ3) is 2.97. The Morgan fingerprint density at radius 3 is 2.62 bits per heavy atom. The molecule has 0 amide bonds. The van der Waals surface area contributed by atoms with Gasteiger partial charge in [0.1, 0.15) is 5.84 Å². The van der Waals surface area contributed by atoms with Crippen LogP contribution in [0.3, 0.4) is 0 Å². The highest BCUT2D eigenvalue weighted by molar-refractivity contribution is 6.00. The monoisotopic (exact) mass is 221 g/mol. The molecule has 1 aromatic rings. The Labute approximate surface area is 96.2 Å². The standard InChI is InChI=1S/C12H19N3O/c1-2-7-15(8-9-16)11-6-4-3-5-10(11)12(13)14/h3-6,16H,2,7-9H2,1H3,(H3,13,14). The molecule has 0 bridgehead atoms. The zero-order valence-corrected chi connectivity index (χ0v) is 9.61. The topological polar surface area (TPSA) is 73.3 Å². The molecule has 1 aromatic carbocycles. The van der Waals surface area contributed by atoms with Crippen LogP contribution in [0.4, 0.5) is 5.69 Å². The Morgan fingerprint density at radius 2 is 2.06 bits per heavy atom. The Morgan fingerprint density at radius 1 is 1.38 bits per heavy atom. The summed E-state index contributed by atoms with van der Waals surface area (Å²) in [5, 5.41) is 16.6. The van der Waals surface area contributed by atoms with E-state index in [-0.39, 0.29) is 12.4 Å². The summed E-state index contributed by atoms with van der Waals surface area (Å²) in [6.45, 7) is 3.61. The van der Waals surface area contributed by atoms with Gasteiger partial charge in [-0.2, -0.15) is 0 Å². The molecule has 4 heteroatoms. The number of nitrogen functional groups attached to an aromatic ring is 1. The van der Waals surface area contributed by atoms with Gasteiger partial charge in [0, 0.05) is 24.3 Å². The highest BCUT2D eigenvalue weighted by atomic mass is 16.3. The van der Waals surface area contributed by atoms with E-state index in [9.17, 15) is 0 Å². The third-order valence-electron chi connectivity index (χ3n) is 2.40. The van der Waals surface area contributed by atoms with Gasteiger partial charge < -0.3 is 15.7 Å². The van der Waals surface area contributed by atoms with Crippen LogP contribution in [0, 0.1) is 5.41 Å². The Balaban J connectivity index is 3.02. The van der Waals surface area contributed by atoms with Gasteiger partial charge in [-0.3, -0.25) is 5.41 Å². The van der Waals surface area contributed by atoms with E-state index >= 15 is 0 Å². The number of rotatable bonds is 6. The van der Waals surface area contributed by atoms with Crippen molar-refractivity contribution in [3.63, 3.8) is 0 Å². The van der Waals surface area contributed by atoms with Gasteiger partial charge in [0.15, 0.2) is 0 Å². The van der Waals surface area contributed by atoms with Gasteiger partial charge in [-0.05, 0) is 18.6 Å². The number of amidine groups is 1. The van der Waals surface area contributed by atoms with Crippen LogP contribution in [0.5, 0.6) is 0 Å². The molecule has 0 spiro atoms. The van der Waals surface area contributed by atoms with Crippen LogP contribution in [-0.4, -0.2) is 30.6 Å². The van der Waals surface area contributed by atoms with E-state index in [1.54, 1.807) is 0 Å². The molecular formula is C12H19N3O. The van der Waals surface area contributed by atoms with E-state index in [1.165, 1.54) is 0 Å². The minimum Gasteiger partial charge on any atom is -0.395 e. The van der Waals surface area contributed by atoms with Crippen molar-refractivity contribution in [2.45, 2.75) is 13.3 Å². The summed E-state index contributed by atoms with van der Waals surface area (Å²) in [6, 6.07) is 7.55. The average molecular weight is 221 g/mol. The minimum atomic E-state index is 0.0645. The van der Waals surface area contributed by atoms with Crippen molar-refractivity contribution < 1.29 is 5.11 Å². The van der Waals surface area contributed by atoms with Gasteiger partial charge in [-0.1, -0.05) is 19.1 Å². The lowest BCUT2D eigenvalue weighted by Crippen LogP contribution is -2.29. The smallest absolute Gasteiger partial charge is 0.124 e. The van der Waals surface area contributed by atoms with Crippen molar-refractivity contribution in [2.24, 2.45) is 5.73 Å². The van der Waals surface area contributed by atoms with E-state index < -0.39 is 0 Å². The number of aliphatic hydroxyl groups is 1. The first-order valence-electron chi connectivity index (χ1n) is 5.50. The number of hydrogen-bond donors (Lipinski definition) is 3. The van der Waals surface area contributed by atoms with Crippen LogP contribution in [0.15, 0.2) is 24.3 Å². The summed E-state index contributed by atoms with van der Waals surface area (Å²) in [7, 11) is 0. The maximum atomic E-state index is 9.03. The molecule has 16 heavy (non-hydrogen) atoms. The molecule has 88 valence electrons. The largest absolute Gasteiger partial charge is 0.395 e. The number of hydrogen-bond acceptors (Lipinski definition) is 3. The molecule has 0 unspecified atom stereocenters. The lowest BCUT2D eigenvalue weighted by molar-refractivity contribution is 0.302. The zero-order valence-electron chi connectivity index (χ0n) is 9.61. The maximum Gasteiger partial charge on any atom is 0.124 e. The Bertz CT molecular complexity index is 346. The normalized spacial score (nSPS) is 10.1. The van der Waals surface area contributed by atoms with Crippen molar-refractivity contribution >= 4 is 11.5 Å².